The average molecular weight is 308 g/mol. The van der Waals surface area contributed by atoms with Crippen molar-refractivity contribution in [3.05, 3.63) is 54.1 Å². The Morgan fingerprint density at radius 2 is 1.95 bits per heavy atom. The molecule has 0 amide bonds. The van der Waals surface area contributed by atoms with Crippen molar-refractivity contribution >= 4 is 21.5 Å². The number of hydrogen-bond donors (Lipinski definition) is 3. The summed E-state index contributed by atoms with van der Waals surface area (Å²) in [7, 11) is -3.89. The zero-order valence-electron chi connectivity index (χ0n) is 10.9. The van der Waals surface area contributed by atoms with Crippen LogP contribution in [0.3, 0.4) is 0 Å². The second-order valence-corrected chi connectivity index (χ2v) is 6.03. The van der Waals surface area contributed by atoms with Crippen LogP contribution < -0.4 is 10.5 Å². The number of pyridine rings is 1. The molecule has 0 saturated heterocycles. The maximum atomic E-state index is 13.0. The molecule has 0 spiro atoms. The van der Waals surface area contributed by atoms with Gasteiger partial charge in [0.1, 0.15) is 10.7 Å². The minimum absolute atomic E-state index is 0.0224. The molecule has 0 saturated carbocycles. The molecule has 8 heteroatoms. The van der Waals surface area contributed by atoms with Gasteiger partial charge in [-0.2, -0.15) is 0 Å². The highest BCUT2D eigenvalue weighted by atomic mass is 32.2. The second kappa shape index (κ2) is 5.88. The predicted molar refractivity (Wildman–Crippen MR) is 77.1 cm³/mol. The van der Waals surface area contributed by atoms with E-state index in [1.807, 2.05) is 0 Å². The quantitative estimate of drug-likeness (QED) is 0.574. The lowest BCUT2D eigenvalue weighted by Gasteiger charge is -2.08. The van der Waals surface area contributed by atoms with Gasteiger partial charge < -0.3 is 5.73 Å². The highest BCUT2D eigenvalue weighted by molar-refractivity contribution is 7.92. The van der Waals surface area contributed by atoms with Gasteiger partial charge in [0.25, 0.3) is 10.0 Å². The molecule has 1 aromatic carbocycles. The molecule has 1 heterocycles. The molecule has 0 aliphatic carbocycles. The number of rotatable bonds is 5. The van der Waals surface area contributed by atoms with Crippen LogP contribution in [0, 0.1) is 11.2 Å². The number of aromatic nitrogens is 1. The normalized spacial score (nSPS) is 11.1. The van der Waals surface area contributed by atoms with Gasteiger partial charge in [-0.15, -0.1) is 0 Å². The average Bonchev–Trinajstić information content (AvgIpc) is 2.40. The van der Waals surface area contributed by atoms with Gasteiger partial charge in [0, 0.05) is 18.3 Å². The summed E-state index contributed by atoms with van der Waals surface area (Å²) >= 11 is 0. The number of halogens is 1. The number of sulfonamides is 1. The van der Waals surface area contributed by atoms with Crippen LogP contribution in [0.5, 0.6) is 0 Å². The number of anilines is 1. The van der Waals surface area contributed by atoms with Crippen molar-refractivity contribution in [3.63, 3.8) is 0 Å². The van der Waals surface area contributed by atoms with Gasteiger partial charge in [-0.25, -0.2) is 12.8 Å². The van der Waals surface area contributed by atoms with Gasteiger partial charge in [0.2, 0.25) is 0 Å². The third kappa shape index (κ3) is 3.99. The van der Waals surface area contributed by atoms with E-state index in [1.165, 1.54) is 0 Å². The van der Waals surface area contributed by atoms with Crippen molar-refractivity contribution in [1.29, 1.82) is 5.41 Å². The maximum Gasteiger partial charge on any atom is 0.263 e. The Hall–Kier alpha value is -2.48. The number of amidine groups is 1. The SMILES string of the molecule is N=C(N)Cc1ccc(NS(=O)(=O)c2cncc(F)c2)cc1. The fourth-order valence-electron chi connectivity index (χ4n) is 1.66. The topological polar surface area (TPSA) is 109 Å². The van der Waals surface area contributed by atoms with Crippen LogP contribution in [0.15, 0.2) is 47.6 Å². The van der Waals surface area contributed by atoms with Gasteiger partial charge in [0.15, 0.2) is 0 Å². The lowest BCUT2D eigenvalue weighted by molar-refractivity contribution is 0.592. The monoisotopic (exact) mass is 308 g/mol. The fourth-order valence-corrected chi connectivity index (χ4v) is 2.70. The molecule has 0 aliphatic rings. The third-order valence-electron chi connectivity index (χ3n) is 2.59. The molecule has 0 radical (unpaired) electrons. The van der Waals surface area contributed by atoms with E-state index in [1.54, 1.807) is 24.3 Å². The molecular formula is C13H13FN4O2S. The summed E-state index contributed by atoms with van der Waals surface area (Å²) in [6, 6.07) is 7.29. The first kappa shape index (κ1) is 14.9. The molecule has 110 valence electrons. The predicted octanol–water partition coefficient (Wildman–Crippen LogP) is 1.50. The largest absolute Gasteiger partial charge is 0.387 e. The van der Waals surface area contributed by atoms with Crippen molar-refractivity contribution in [1.82, 2.24) is 4.98 Å². The summed E-state index contributed by atoms with van der Waals surface area (Å²) < 4.78 is 39.4. The summed E-state index contributed by atoms with van der Waals surface area (Å²) in [5.41, 5.74) is 6.40. The Kier molecular flexibility index (Phi) is 4.18. The van der Waals surface area contributed by atoms with Gasteiger partial charge in [0.05, 0.1) is 12.0 Å². The summed E-state index contributed by atoms with van der Waals surface area (Å²) in [6.07, 6.45) is 2.28. The Labute approximate surface area is 121 Å². The number of hydrogen-bond acceptors (Lipinski definition) is 4. The number of benzene rings is 1. The summed E-state index contributed by atoms with van der Waals surface area (Å²) in [5.74, 6) is -0.705. The van der Waals surface area contributed by atoms with Crippen LogP contribution in [0.25, 0.3) is 0 Å². The van der Waals surface area contributed by atoms with E-state index < -0.39 is 15.8 Å². The molecule has 0 bridgehead atoms. The molecule has 0 unspecified atom stereocenters. The molecule has 2 rings (SSSR count). The molecular weight excluding hydrogens is 295 g/mol. The van der Waals surface area contributed by atoms with Crippen LogP contribution in [0.1, 0.15) is 5.56 Å². The standard InChI is InChI=1S/C13H13FN4O2S/c14-10-6-12(8-17-7-10)21(19,20)18-11-3-1-9(2-4-11)5-13(15)16/h1-4,6-8,18H,5H2,(H3,15,16). The van der Waals surface area contributed by atoms with Crippen molar-refractivity contribution in [3.8, 4) is 0 Å². The van der Waals surface area contributed by atoms with Crippen molar-refractivity contribution < 1.29 is 12.8 Å². The van der Waals surface area contributed by atoms with Gasteiger partial charge in [-0.3, -0.25) is 15.1 Å². The van der Waals surface area contributed by atoms with Gasteiger partial charge in [-0.05, 0) is 23.8 Å². The first-order chi connectivity index (χ1) is 9.87. The smallest absolute Gasteiger partial charge is 0.263 e. The second-order valence-electron chi connectivity index (χ2n) is 4.34. The molecule has 1 aromatic heterocycles. The molecule has 6 nitrogen and oxygen atoms in total. The summed E-state index contributed by atoms with van der Waals surface area (Å²) in [4.78, 5) is 3.25. The van der Waals surface area contributed by atoms with E-state index in [0.717, 1.165) is 24.0 Å². The Balaban J connectivity index is 2.19. The van der Waals surface area contributed by atoms with E-state index in [2.05, 4.69) is 9.71 Å². The molecule has 2 aromatic rings. The lowest BCUT2D eigenvalue weighted by Crippen LogP contribution is -2.14. The van der Waals surface area contributed by atoms with Crippen LogP contribution in [0.4, 0.5) is 10.1 Å². The number of nitrogens with one attached hydrogen (secondary N) is 2. The van der Waals surface area contributed by atoms with E-state index >= 15 is 0 Å². The summed E-state index contributed by atoms with van der Waals surface area (Å²) in [5, 5.41) is 7.19. The maximum absolute atomic E-state index is 13.0. The molecule has 21 heavy (non-hydrogen) atoms. The summed E-state index contributed by atoms with van der Waals surface area (Å²) in [6.45, 7) is 0. The van der Waals surface area contributed by atoms with Crippen molar-refractivity contribution in [2.45, 2.75) is 11.3 Å². The molecule has 4 N–H and O–H groups in total. The van der Waals surface area contributed by atoms with E-state index in [0.29, 0.717) is 12.1 Å². The van der Waals surface area contributed by atoms with Crippen LogP contribution in [-0.4, -0.2) is 19.2 Å². The lowest BCUT2D eigenvalue weighted by atomic mass is 10.1. The Morgan fingerprint density at radius 3 is 2.52 bits per heavy atom. The van der Waals surface area contributed by atoms with Crippen LogP contribution in [-0.2, 0) is 16.4 Å². The zero-order chi connectivity index (χ0) is 15.5. The van der Waals surface area contributed by atoms with Crippen molar-refractivity contribution in [2.75, 3.05) is 4.72 Å². The fraction of sp³-hybridized carbons (Fsp3) is 0.0769. The number of nitrogens with zero attached hydrogens (tertiary/aromatic N) is 1. The van der Waals surface area contributed by atoms with Crippen LogP contribution in [0.2, 0.25) is 0 Å². The van der Waals surface area contributed by atoms with E-state index in [4.69, 9.17) is 11.1 Å². The Morgan fingerprint density at radius 1 is 1.29 bits per heavy atom. The zero-order valence-corrected chi connectivity index (χ0v) is 11.7. The molecule has 0 fully saturated rings. The van der Waals surface area contributed by atoms with Crippen molar-refractivity contribution in [2.24, 2.45) is 5.73 Å². The third-order valence-corrected chi connectivity index (χ3v) is 3.94. The number of nitrogens with two attached hydrogens (primary N) is 1. The first-order valence-electron chi connectivity index (χ1n) is 5.92. The molecule has 0 atom stereocenters. The Bertz CT molecular complexity index is 760. The first-order valence-corrected chi connectivity index (χ1v) is 7.40. The van der Waals surface area contributed by atoms with Gasteiger partial charge in [-0.1, -0.05) is 12.1 Å². The van der Waals surface area contributed by atoms with E-state index in [9.17, 15) is 12.8 Å². The van der Waals surface area contributed by atoms with E-state index in [-0.39, 0.29) is 10.7 Å². The highest BCUT2D eigenvalue weighted by Crippen LogP contribution is 2.16. The molecule has 0 aliphatic heterocycles. The highest BCUT2D eigenvalue weighted by Gasteiger charge is 2.15. The van der Waals surface area contributed by atoms with Gasteiger partial charge >= 0.3 is 0 Å². The van der Waals surface area contributed by atoms with Crippen LogP contribution >= 0.6 is 0 Å². The minimum Gasteiger partial charge on any atom is -0.387 e. The minimum atomic E-state index is -3.89.